The lowest BCUT2D eigenvalue weighted by Crippen LogP contribution is -2.42. The zero-order valence-corrected chi connectivity index (χ0v) is 9.05. The van der Waals surface area contributed by atoms with Gasteiger partial charge in [0.05, 0.1) is 6.10 Å². The van der Waals surface area contributed by atoms with Crippen molar-refractivity contribution in [1.82, 2.24) is 0 Å². The molecule has 0 fully saturated rings. The molecule has 1 N–H and O–H groups in total. The van der Waals surface area contributed by atoms with Crippen molar-refractivity contribution in [3.05, 3.63) is 0 Å². The third-order valence-corrected chi connectivity index (χ3v) is 1.50. The number of alkyl halides is 3. The van der Waals surface area contributed by atoms with Crippen molar-refractivity contribution in [2.45, 2.75) is 45.6 Å². The van der Waals surface area contributed by atoms with E-state index in [0.29, 0.717) is 0 Å². The van der Waals surface area contributed by atoms with Gasteiger partial charge in [-0.15, -0.1) is 0 Å². The number of aliphatic hydroxyl groups is 1. The van der Waals surface area contributed by atoms with Crippen LogP contribution >= 0.6 is 0 Å². The predicted molar refractivity (Wildman–Crippen MR) is 47.1 cm³/mol. The SMILES string of the molecule is C[C@H](O)[C@@H](C(=O)OC(C)(C)C)C(F)(F)F. The molecule has 0 unspecified atom stereocenters. The van der Waals surface area contributed by atoms with E-state index in [1.165, 1.54) is 20.8 Å². The van der Waals surface area contributed by atoms with E-state index in [-0.39, 0.29) is 0 Å². The van der Waals surface area contributed by atoms with Crippen LogP contribution in [-0.4, -0.2) is 29.0 Å². The summed E-state index contributed by atoms with van der Waals surface area (Å²) in [4.78, 5) is 11.1. The molecule has 0 radical (unpaired) electrons. The summed E-state index contributed by atoms with van der Waals surface area (Å²) < 4.78 is 41.6. The second-order valence-electron chi connectivity index (χ2n) is 4.29. The fourth-order valence-corrected chi connectivity index (χ4v) is 0.969. The minimum Gasteiger partial charge on any atom is -0.459 e. The summed E-state index contributed by atoms with van der Waals surface area (Å²) in [5.74, 6) is -3.94. The van der Waals surface area contributed by atoms with Crippen LogP contribution in [0.4, 0.5) is 13.2 Å². The minimum atomic E-state index is -4.80. The zero-order chi connectivity index (χ0) is 12.4. The molecule has 0 saturated carbocycles. The van der Waals surface area contributed by atoms with E-state index in [4.69, 9.17) is 5.11 Å². The monoisotopic (exact) mass is 228 g/mol. The fraction of sp³-hybridized carbons (Fsp3) is 0.889. The van der Waals surface area contributed by atoms with Crippen molar-refractivity contribution in [2.24, 2.45) is 5.92 Å². The Kier molecular flexibility index (Phi) is 4.16. The van der Waals surface area contributed by atoms with E-state index in [9.17, 15) is 18.0 Å². The molecule has 0 aliphatic carbocycles. The van der Waals surface area contributed by atoms with E-state index in [0.717, 1.165) is 6.92 Å². The van der Waals surface area contributed by atoms with Crippen LogP contribution < -0.4 is 0 Å². The summed E-state index contributed by atoms with van der Waals surface area (Å²) in [6.45, 7) is 5.28. The molecule has 0 aromatic carbocycles. The maximum atomic E-state index is 12.3. The normalized spacial score (nSPS) is 17.1. The summed E-state index contributed by atoms with van der Waals surface area (Å²) in [6.07, 6.45) is -6.61. The Labute approximate surface area is 86.2 Å². The molecule has 0 aromatic heterocycles. The molecule has 0 aliphatic heterocycles. The molecule has 0 bridgehead atoms. The lowest BCUT2D eigenvalue weighted by molar-refractivity contribution is -0.218. The maximum absolute atomic E-state index is 12.3. The molecular weight excluding hydrogens is 213 g/mol. The Morgan fingerprint density at radius 2 is 1.67 bits per heavy atom. The van der Waals surface area contributed by atoms with Crippen LogP contribution in [0.3, 0.4) is 0 Å². The Bertz CT molecular complexity index is 228. The van der Waals surface area contributed by atoms with Crippen LogP contribution in [0, 0.1) is 5.92 Å². The molecule has 0 heterocycles. The molecule has 0 saturated heterocycles. The highest BCUT2D eigenvalue weighted by Gasteiger charge is 2.49. The number of carbonyl (C=O) groups excluding carboxylic acids is 1. The quantitative estimate of drug-likeness (QED) is 0.734. The first-order valence-electron chi connectivity index (χ1n) is 4.43. The summed E-state index contributed by atoms with van der Waals surface area (Å²) in [7, 11) is 0. The molecule has 0 amide bonds. The van der Waals surface area contributed by atoms with Crippen molar-refractivity contribution >= 4 is 5.97 Å². The van der Waals surface area contributed by atoms with Gasteiger partial charge in [-0.1, -0.05) is 0 Å². The maximum Gasteiger partial charge on any atom is 0.404 e. The molecule has 2 atom stereocenters. The number of rotatable bonds is 2. The largest absolute Gasteiger partial charge is 0.459 e. The molecule has 6 heteroatoms. The summed E-state index contributed by atoms with van der Waals surface area (Å²) >= 11 is 0. The average molecular weight is 228 g/mol. The van der Waals surface area contributed by atoms with Gasteiger partial charge in [0.15, 0.2) is 5.92 Å². The van der Waals surface area contributed by atoms with Gasteiger partial charge in [0.2, 0.25) is 0 Å². The van der Waals surface area contributed by atoms with Gasteiger partial charge >= 0.3 is 12.1 Å². The third-order valence-electron chi connectivity index (χ3n) is 1.50. The second kappa shape index (κ2) is 4.38. The molecular formula is C9H15F3O3. The highest BCUT2D eigenvalue weighted by atomic mass is 19.4. The van der Waals surface area contributed by atoms with Gasteiger partial charge in [0, 0.05) is 0 Å². The smallest absolute Gasteiger partial charge is 0.404 e. The minimum absolute atomic E-state index is 0.905. The Hall–Kier alpha value is -0.780. The molecule has 3 nitrogen and oxygen atoms in total. The summed E-state index contributed by atoms with van der Waals surface area (Å²) in [6, 6.07) is 0. The van der Waals surface area contributed by atoms with Crippen molar-refractivity contribution in [3.8, 4) is 0 Å². The Morgan fingerprint density at radius 3 is 1.87 bits per heavy atom. The highest BCUT2D eigenvalue weighted by molar-refractivity contribution is 5.74. The number of hydrogen-bond acceptors (Lipinski definition) is 3. The van der Waals surface area contributed by atoms with E-state index < -0.39 is 29.8 Å². The van der Waals surface area contributed by atoms with Gasteiger partial charge in [0.25, 0.3) is 0 Å². The van der Waals surface area contributed by atoms with Crippen LogP contribution in [0.1, 0.15) is 27.7 Å². The average Bonchev–Trinajstić information content (AvgIpc) is 1.74. The number of hydrogen-bond donors (Lipinski definition) is 1. The van der Waals surface area contributed by atoms with Gasteiger partial charge in [-0.3, -0.25) is 4.79 Å². The van der Waals surface area contributed by atoms with Crippen LogP contribution in [0.15, 0.2) is 0 Å². The van der Waals surface area contributed by atoms with Crippen molar-refractivity contribution in [2.75, 3.05) is 0 Å². The molecule has 15 heavy (non-hydrogen) atoms. The molecule has 90 valence electrons. The van der Waals surface area contributed by atoms with E-state index in [2.05, 4.69) is 4.74 Å². The van der Waals surface area contributed by atoms with Crippen LogP contribution in [-0.2, 0) is 9.53 Å². The predicted octanol–water partition coefficient (Wildman–Crippen LogP) is 1.89. The third kappa shape index (κ3) is 5.01. The summed E-state index contributed by atoms with van der Waals surface area (Å²) in [5, 5.41) is 8.89. The first-order chi connectivity index (χ1) is 6.45. The van der Waals surface area contributed by atoms with Crippen molar-refractivity contribution in [1.29, 1.82) is 0 Å². The van der Waals surface area contributed by atoms with E-state index >= 15 is 0 Å². The standard InChI is InChI=1S/C9H15F3O3/c1-5(13)6(9(10,11)12)7(14)15-8(2,3)4/h5-6,13H,1-4H3/t5-,6-/m0/s1. The number of halogens is 3. The van der Waals surface area contributed by atoms with Gasteiger partial charge < -0.3 is 9.84 Å². The number of carbonyl (C=O) groups is 1. The first-order valence-corrected chi connectivity index (χ1v) is 4.43. The van der Waals surface area contributed by atoms with Crippen LogP contribution in [0.25, 0.3) is 0 Å². The lowest BCUT2D eigenvalue weighted by atomic mass is 10.0. The van der Waals surface area contributed by atoms with Crippen molar-refractivity contribution < 1.29 is 27.8 Å². The van der Waals surface area contributed by atoms with Crippen molar-refractivity contribution in [3.63, 3.8) is 0 Å². The number of ether oxygens (including phenoxy) is 1. The van der Waals surface area contributed by atoms with Crippen LogP contribution in [0.5, 0.6) is 0 Å². The number of esters is 1. The summed E-state index contributed by atoms with van der Waals surface area (Å²) in [5.41, 5.74) is -1.00. The molecule has 0 spiro atoms. The molecule has 0 rings (SSSR count). The zero-order valence-electron chi connectivity index (χ0n) is 9.05. The van der Waals surface area contributed by atoms with Crippen LogP contribution in [0.2, 0.25) is 0 Å². The van der Waals surface area contributed by atoms with Gasteiger partial charge in [-0.2, -0.15) is 13.2 Å². The Morgan fingerprint density at radius 1 is 1.27 bits per heavy atom. The lowest BCUT2D eigenvalue weighted by Gasteiger charge is -2.26. The Balaban J connectivity index is 4.74. The van der Waals surface area contributed by atoms with Gasteiger partial charge in [0.1, 0.15) is 5.60 Å². The molecule has 0 aromatic rings. The first kappa shape index (κ1) is 14.2. The fourth-order valence-electron chi connectivity index (χ4n) is 0.969. The van der Waals surface area contributed by atoms with E-state index in [1.807, 2.05) is 0 Å². The number of aliphatic hydroxyl groups excluding tert-OH is 1. The molecule has 0 aliphatic rings. The van der Waals surface area contributed by atoms with E-state index in [1.54, 1.807) is 0 Å². The highest BCUT2D eigenvalue weighted by Crippen LogP contribution is 2.31. The second-order valence-corrected chi connectivity index (χ2v) is 4.29. The topological polar surface area (TPSA) is 46.5 Å². The van der Waals surface area contributed by atoms with Gasteiger partial charge in [-0.25, -0.2) is 0 Å². The van der Waals surface area contributed by atoms with Gasteiger partial charge in [-0.05, 0) is 27.7 Å².